The molecule has 0 amide bonds. The molecule has 0 saturated heterocycles. The van der Waals surface area contributed by atoms with Crippen LogP contribution in [-0.4, -0.2) is 25.1 Å². The molecule has 7 nitrogen and oxygen atoms in total. The minimum Gasteiger partial charge on any atom is -0.384 e. The molecule has 0 aromatic carbocycles. The van der Waals surface area contributed by atoms with Crippen LogP contribution in [0.4, 0.5) is 11.6 Å². The van der Waals surface area contributed by atoms with Crippen molar-refractivity contribution in [3.8, 4) is 0 Å². The number of hydrogen-bond donors (Lipinski definition) is 3. The van der Waals surface area contributed by atoms with Gasteiger partial charge < -0.3 is 11.1 Å². The number of aromatic amines is 1. The van der Waals surface area contributed by atoms with Crippen molar-refractivity contribution in [2.24, 2.45) is 0 Å². The summed E-state index contributed by atoms with van der Waals surface area (Å²) in [5.74, 6) is 1.22. The van der Waals surface area contributed by atoms with Crippen LogP contribution >= 0.6 is 0 Å². The van der Waals surface area contributed by atoms with Crippen LogP contribution in [0.15, 0.2) is 30.7 Å². The highest BCUT2D eigenvalue weighted by Gasteiger charge is 2.11. The number of anilines is 2. The molecule has 96 valence electrons. The quantitative estimate of drug-likeness (QED) is 0.655. The average molecular weight is 255 g/mol. The van der Waals surface area contributed by atoms with Gasteiger partial charge in [-0.2, -0.15) is 5.10 Å². The minimum atomic E-state index is -0.0171. The summed E-state index contributed by atoms with van der Waals surface area (Å²) < 4.78 is 0. The second kappa shape index (κ2) is 4.52. The normalized spacial score (nSPS) is 12.5. The Hall–Kier alpha value is -2.70. The summed E-state index contributed by atoms with van der Waals surface area (Å²) in [7, 11) is 0. The Morgan fingerprint density at radius 3 is 3.05 bits per heavy atom. The van der Waals surface area contributed by atoms with Gasteiger partial charge in [0.2, 0.25) is 0 Å². The summed E-state index contributed by atoms with van der Waals surface area (Å²) in [5.41, 5.74) is 7.24. The first-order chi connectivity index (χ1) is 9.24. The summed E-state index contributed by atoms with van der Waals surface area (Å²) in [5, 5.41) is 10.9. The minimum absolute atomic E-state index is 0.0171. The van der Waals surface area contributed by atoms with Crippen LogP contribution in [0.2, 0.25) is 0 Å². The molecule has 0 aliphatic carbocycles. The lowest BCUT2D eigenvalue weighted by molar-refractivity contribution is 0.835. The number of nitrogens with two attached hydrogens (primary N) is 1. The number of aromatic nitrogens is 5. The van der Waals surface area contributed by atoms with E-state index in [4.69, 9.17) is 5.73 Å². The van der Waals surface area contributed by atoms with Crippen molar-refractivity contribution >= 4 is 22.7 Å². The molecule has 3 rings (SSSR count). The van der Waals surface area contributed by atoms with E-state index in [0.29, 0.717) is 11.5 Å². The number of nitrogens with zero attached hydrogens (tertiary/aromatic N) is 4. The zero-order chi connectivity index (χ0) is 13.2. The molecular weight excluding hydrogens is 242 g/mol. The molecule has 1 atom stereocenters. The Labute approximate surface area is 109 Å². The van der Waals surface area contributed by atoms with Crippen LogP contribution < -0.4 is 11.1 Å². The Bertz CT molecular complexity index is 706. The van der Waals surface area contributed by atoms with Gasteiger partial charge in [-0.05, 0) is 19.1 Å². The average Bonchev–Trinajstić information content (AvgIpc) is 2.88. The van der Waals surface area contributed by atoms with Gasteiger partial charge in [-0.25, -0.2) is 15.0 Å². The van der Waals surface area contributed by atoms with E-state index < -0.39 is 0 Å². The highest BCUT2D eigenvalue weighted by atomic mass is 15.2. The van der Waals surface area contributed by atoms with Gasteiger partial charge in [0.05, 0.1) is 23.3 Å². The van der Waals surface area contributed by atoms with Crippen molar-refractivity contribution in [3.63, 3.8) is 0 Å². The Morgan fingerprint density at radius 2 is 2.21 bits per heavy atom. The van der Waals surface area contributed by atoms with E-state index in [0.717, 1.165) is 16.9 Å². The van der Waals surface area contributed by atoms with E-state index in [1.165, 1.54) is 6.33 Å². The Morgan fingerprint density at radius 1 is 1.32 bits per heavy atom. The van der Waals surface area contributed by atoms with Gasteiger partial charge in [0, 0.05) is 0 Å². The van der Waals surface area contributed by atoms with E-state index in [9.17, 15) is 0 Å². The molecule has 0 aliphatic rings. The fraction of sp³-hybridized carbons (Fsp3) is 0.167. The van der Waals surface area contributed by atoms with E-state index >= 15 is 0 Å². The smallest absolute Gasteiger partial charge is 0.160 e. The van der Waals surface area contributed by atoms with Crippen LogP contribution in [0.5, 0.6) is 0 Å². The van der Waals surface area contributed by atoms with Crippen LogP contribution in [0.1, 0.15) is 18.7 Å². The molecular formula is C12H13N7. The third kappa shape index (κ3) is 2.17. The van der Waals surface area contributed by atoms with E-state index in [1.807, 2.05) is 19.1 Å². The lowest BCUT2D eigenvalue weighted by Gasteiger charge is -2.14. The van der Waals surface area contributed by atoms with Gasteiger partial charge in [-0.15, -0.1) is 0 Å². The predicted molar refractivity (Wildman–Crippen MR) is 72.4 cm³/mol. The third-order valence-electron chi connectivity index (χ3n) is 2.84. The van der Waals surface area contributed by atoms with Gasteiger partial charge in [-0.3, -0.25) is 5.10 Å². The van der Waals surface area contributed by atoms with Crippen molar-refractivity contribution in [2.45, 2.75) is 13.0 Å². The van der Waals surface area contributed by atoms with Gasteiger partial charge >= 0.3 is 0 Å². The monoisotopic (exact) mass is 255 g/mol. The highest BCUT2D eigenvalue weighted by Crippen LogP contribution is 2.21. The Balaban J connectivity index is 1.90. The maximum Gasteiger partial charge on any atom is 0.160 e. The second-order valence-corrected chi connectivity index (χ2v) is 4.21. The Kier molecular flexibility index (Phi) is 2.71. The molecule has 0 spiro atoms. The maximum atomic E-state index is 5.68. The van der Waals surface area contributed by atoms with Crippen LogP contribution in [0.25, 0.3) is 11.0 Å². The number of fused-ring (bicyclic) bond motifs is 1. The zero-order valence-electron chi connectivity index (χ0n) is 10.3. The molecule has 7 heteroatoms. The first kappa shape index (κ1) is 11.4. The number of pyridine rings is 1. The molecule has 4 N–H and O–H groups in total. The summed E-state index contributed by atoms with van der Waals surface area (Å²) in [4.78, 5) is 12.6. The number of nitrogens with one attached hydrogen (secondary N) is 2. The van der Waals surface area contributed by atoms with Crippen LogP contribution in [0.3, 0.4) is 0 Å². The maximum absolute atomic E-state index is 5.68. The molecule has 0 radical (unpaired) electrons. The SMILES string of the molecule is CC(Nc1ncnc2[nH]ncc12)c1cccc(N)n1. The first-order valence-corrected chi connectivity index (χ1v) is 5.87. The fourth-order valence-corrected chi connectivity index (χ4v) is 1.87. The molecule has 3 aromatic heterocycles. The number of H-pyrrole nitrogens is 1. The van der Waals surface area contributed by atoms with Crippen molar-refractivity contribution in [2.75, 3.05) is 11.1 Å². The topological polar surface area (TPSA) is 105 Å². The number of rotatable bonds is 3. The lowest BCUT2D eigenvalue weighted by atomic mass is 10.2. The molecule has 1 unspecified atom stereocenters. The highest BCUT2D eigenvalue weighted by molar-refractivity contribution is 5.85. The zero-order valence-corrected chi connectivity index (χ0v) is 10.3. The summed E-state index contributed by atoms with van der Waals surface area (Å²) in [6, 6.07) is 5.54. The van der Waals surface area contributed by atoms with E-state index in [1.54, 1.807) is 12.3 Å². The van der Waals surface area contributed by atoms with Crippen molar-refractivity contribution in [1.82, 2.24) is 25.1 Å². The van der Waals surface area contributed by atoms with Gasteiger partial charge in [0.1, 0.15) is 18.0 Å². The summed E-state index contributed by atoms with van der Waals surface area (Å²) in [6.45, 7) is 2.00. The standard InChI is InChI=1S/C12H13N7/c1-7(9-3-2-4-10(13)18-9)17-11-8-5-16-19-12(8)15-6-14-11/h2-7H,1H3,(H2,13,18)(H2,14,15,16,17,19). The van der Waals surface area contributed by atoms with Crippen molar-refractivity contribution in [1.29, 1.82) is 0 Å². The fourth-order valence-electron chi connectivity index (χ4n) is 1.87. The van der Waals surface area contributed by atoms with Crippen LogP contribution in [-0.2, 0) is 0 Å². The van der Waals surface area contributed by atoms with Gasteiger partial charge in [-0.1, -0.05) is 6.07 Å². The third-order valence-corrected chi connectivity index (χ3v) is 2.84. The van der Waals surface area contributed by atoms with Crippen molar-refractivity contribution < 1.29 is 0 Å². The van der Waals surface area contributed by atoms with E-state index in [-0.39, 0.29) is 6.04 Å². The molecule has 3 heterocycles. The number of nitrogen functional groups attached to an aromatic ring is 1. The first-order valence-electron chi connectivity index (χ1n) is 5.87. The largest absolute Gasteiger partial charge is 0.384 e. The molecule has 0 saturated carbocycles. The van der Waals surface area contributed by atoms with E-state index in [2.05, 4.69) is 30.5 Å². The lowest BCUT2D eigenvalue weighted by Crippen LogP contribution is -2.10. The molecule has 0 bridgehead atoms. The van der Waals surface area contributed by atoms with Gasteiger partial charge in [0.15, 0.2) is 5.65 Å². The second-order valence-electron chi connectivity index (χ2n) is 4.21. The summed E-state index contributed by atoms with van der Waals surface area (Å²) >= 11 is 0. The molecule has 19 heavy (non-hydrogen) atoms. The molecule has 0 aliphatic heterocycles. The number of hydrogen-bond acceptors (Lipinski definition) is 6. The molecule has 0 fully saturated rings. The molecule has 3 aromatic rings. The summed E-state index contributed by atoms with van der Waals surface area (Å²) in [6.07, 6.45) is 3.18. The van der Waals surface area contributed by atoms with Gasteiger partial charge in [0.25, 0.3) is 0 Å². The predicted octanol–water partition coefficient (Wildman–Crippen LogP) is 1.50. The van der Waals surface area contributed by atoms with Crippen molar-refractivity contribution in [3.05, 3.63) is 36.4 Å². The van der Waals surface area contributed by atoms with Crippen LogP contribution in [0, 0.1) is 0 Å².